The number of nitrogens with two attached hydrogens (primary N) is 1. The van der Waals surface area contributed by atoms with Crippen molar-refractivity contribution in [2.45, 2.75) is 18.9 Å². The van der Waals surface area contributed by atoms with Gasteiger partial charge in [-0.3, -0.25) is 4.79 Å². The Balaban J connectivity index is 1.89. The van der Waals surface area contributed by atoms with Crippen molar-refractivity contribution in [3.8, 4) is 0 Å². The number of carbonyl (C=O) groups is 1. The fourth-order valence-electron chi connectivity index (χ4n) is 1.92. The van der Waals surface area contributed by atoms with Gasteiger partial charge in [-0.15, -0.1) is 11.3 Å². The van der Waals surface area contributed by atoms with Crippen LogP contribution >= 0.6 is 11.3 Å². The van der Waals surface area contributed by atoms with Crippen molar-refractivity contribution >= 4 is 27.3 Å². The average Bonchev–Trinajstić information content (AvgIpc) is 2.85. The molecule has 1 amide bonds. The Morgan fingerprint density at radius 3 is 3.00 bits per heavy atom. The van der Waals surface area contributed by atoms with Crippen LogP contribution in [0, 0.1) is 0 Å². The number of ether oxygens (including phenoxy) is 1. The van der Waals surface area contributed by atoms with Gasteiger partial charge >= 0.3 is 0 Å². The van der Waals surface area contributed by atoms with E-state index in [1.807, 2.05) is 0 Å². The second-order valence-corrected chi connectivity index (χ2v) is 5.26. The molecule has 1 unspecified atom stereocenters. The Labute approximate surface area is 115 Å². The Morgan fingerprint density at radius 2 is 2.26 bits per heavy atom. The number of amides is 1. The molecule has 102 valence electrons. The van der Waals surface area contributed by atoms with E-state index in [9.17, 15) is 4.79 Å². The second-order valence-electron chi connectivity index (χ2n) is 4.32. The van der Waals surface area contributed by atoms with Gasteiger partial charge in [-0.2, -0.15) is 0 Å². The van der Waals surface area contributed by atoms with Gasteiger partial charge in [-0.25, -0.2) is 0 Å². The molecule has 2 rings (SSSR count). The zero-order valence-electron chi connectivity index (χ0n) is 10.5. The minimum Gasteiger partial charge on any atom is -0.396 e. The van der Waals surface area contributed by atoms with Gasteiger partial charge in [-0.1, -0.05) is 12.1 Å². The van der Waals surface area contributed by atoms with Crippen LogP contribution in [0.1, 0.15) is 12.0 Å². The molecule has 1 atom stereocenters. The van der Waals surface area contributed by atoms with Gasteiger partial charge in [0.25, 0.3) is 0 Å². The largest absolute Gasteiger partial charge is 0.396 e. The molecular formula is C14H17NO3S. The number of benzene rings is 1. The molecule has 1 heterocycles. The fourth-order valence-corrected chi connectivity index (χ4v) is 2.69. The van der Waals surface area contributed by atoms with E-state index in [0.717, 1.165) is 12.0 Å². The van der Waals surface area contributed by atoms with E-state index >= 15 is 0 Å². The van der Waals surface area contributed by atoms with Crippen LogP contribution in [0.15, 0.2) is 29.6 Å². The fraction of sp³-hybridized carbons (Fsp3) is 0.357. The first kappa shape index (κ1) is 14.0. The topological polar surface area (TPSA) is 72.6 Å². The molecule has 19 heavy (non-hydrogen) atoms. The number of primary amides is 1. The van der Waals surface area contributed by atoms with Gasteiger partial charge in [-0.05, 0) is 34.9 Å². The molecule has 0 bridgehead atoms. The highest BCUT2D eigenvalue weighted by molar-refractivity contribution is 7.17. The van der Waals surface area contributed by atoms with Crippen LogP contribution in [0.3, 0.4) is 0 Å². The van der Waals surface area contributed by atoms with Crippen molar-refractivity contribution in [1.29, 1.82) is 0 Å². The molecule has 0 aliphatic heterocycles. The van der Waals surface area contributed by atoms with E-state index in [-0.39, 0.29) is 13.0 Å². The number of fused-ring (bicyclic) bond motifs is 1. The third-order valence-electron chi connectivity index (χ3n) is 2.94. The summed E-state index contributed by atoms with van der Waals surface area (Å²) in [6.45, 7) is 0.317. The second kappa shape index (κ2) is 6.65. The molecular weight excluding hydrogens is 262 g/mol. The number of aliphatic hydroxyl groups is 1. The van der Waals surface area contributed by atoms with Gasteiger partial charge in [0, 0.05) is 17.7 Å². The summed E-state index contributed by atoms with van der Waals surface area (Å²) in [6, 6.07) is 8.37. The number of hydrogen-bond donors (Lipinski definition) is 2. The number of aliphatic hydroxyl groups excluding tert-OH is 1. The van der Waals surface area contributed by atoms with Crippen LogP contribution in [-0.4, -0.2) is 30.3 Å². The summed E-state index contributed by atoms with van der Waals surface area (Å²) in [5, 5.41) is 12.1. The highest BCUT2D eigenvalue weighted by Crippen LogP contribution is 2.21. The van der Waals surface area contributed by atoms with Crippen molar-refractivity contribution in [2.24, 2.45) is 5.73 Å². The summed E-state index contributed by atoms with van der Waals surface area (Å²) in [5.74, 6) is -0.526. The highest BCUT2D eigenvalue weighted by atomic mass is 32.1. The minimum atomic E-state index is -0.699. The van der Waals surface area contributed by atoms with Crippen LogP contribution in [0.5, 0.6) is 0 Å². The Kier molecular flexibility index (Phi) is 4.90. The molecule has 0 saturated heterocycles. The number of hydrogen-bond acceptors (Lipinski definition) is 4. The predicted molar refractivity (Wildman–Crippen MR) is 76.2 cm³/mol. The van der Waals surface area contributed by atoms with Crippen molar-refractivity contribution < 1.29 is 14.6 Å². The maximum absolute atomic E-state index is 11.1. The van der Waals surface area contributed by atoms with Gasteiger partial charge < -0.3 is 15.6 Å². The van der Waals surface area contributed by atoms with Crippen molar-refractivity contribution in [3.63, 3.8) is 0 Å². The van der Waals surface area contributed by atoms with E-state index in [1.54, 1.807) is 11.3 Å². The summed E-state index contributed by atoms with van der Waals surface area (Å²) in [5.41, 5.74) is 6.35. The summed E-state index contributed by atoms with van der Waals surface area (Å²) in [6.07, 6.45) is 0.273. The van der Waals surface area contributed by atoms with E-state index < -0.39 is 12.0 Å². The Hall–Kier alpha value is -1.43. The molecule has 0 spiro atoms. The minimum absolute atomic E-state index is 0.103. The van der Waals surface area contributed by atoms with Crippen molar-refractivity contribution in [2.75, 3.05) is 13.2 Å². The standard InChI is InChI=1S/C14H17NO3S/c15-14(17)12(3-6-16)18-7-4-10-1-2-13-11(9-10)5-8-19-13/h1-2,5,8-9,12,16H,3-4,6-7H2,(H2,15,17). The Morgan fingerprint density at radius 1 is 1.42 bits per heavy atom. The molecule has 5 heteroatoms. The predicted octanol–water partition coefficient (Wildman–Crippen LogP) is 1.70. The average molecular weight is 279 g/mol. The number of rotatable bonds is 7. The third-order valence-corrected chi connectivity index (χ3v) is 3.83. The van der Waals surface area contributed by atoms with Gasteiger partial charge in [0.15, 0.2) is 0 Å². The van der Waals surface area contributed by atoms with Crippen LogP contribution < -0.4 is 5.73 Å². The quantitative estimate of drug-likeness (QED) is 0.810. The maximum Gasteiger partial charge on any atom is 0.246 e. The van der Waals surface area contributed by atoms with Crippen LogP contribution in [0.2, 0.25) is 0 Å². The lowest BCUT2D eigenvalue weighted by molar-refractivity contribution is -0.130. The van der Waals surface area contributed by atoms with Crippen LogP contribution in [0.25, 0.3) is 10.1 Å². The molecule has 0 saturated carbocycles. The van der Waals surface area contributed by atoms with Crippen LogP contribution in [0.4, 0.5) is 0 Å². The summed E-state index contributed by atoms with van der Waals surface area (Å²) in [4.78, 5) is 11.1. The molecule has 3 N–H and O–H groups in total. The first-order chi connectivity index (χ1) is 9.20. The smallest absolute Gasteiger partial charge is 0.246 e. The van der Waals surface area contributed by atoms with E-state index in [0.29, 0.717) is 6.61 Å². The maximum atomic E-state index is 11.1. The Bertz CT molecular complexity index is 552. The number of carbonyl (C=O) groups excluding carboxylic acids is 1. The van der Waals surface area contributed by atoms with Gasteiger partial charge in [0.1, 0.15) is 6.10 Å². The lowest BCUT2D eigenvalue weighted by Gasteiger charge is -2.13. The molecule has 0 aliphatic rings. The lowest BCUT2D eigenvalue weighted by atomic mass is 10.1. The lowest BCUT2D eigenvalue weighted by Crippen LogP contribution is -2.32. The normalized spacial score (nSPS) is 12.7. The van der Waals surface area contributed by atoms with Gasteiger partial charge in [0.05, 0.1) is 6.61 Å². The zero-order chi connectivity index (χ0) is 13.7. The van der Waals surface area contributed by atoms with E-state index in [2.05, 4.69) is 29.6 Å². The molecule has 1 aromatic carbocycles. The molecule has 0 fully saturated rings. The highest BCUT2D eigenvalue weighted by Gasteiger charge is 2.14. The van der Waals surface area contributed by atoms with Crippen molar-refractivity contribution in [3.05, 3.63) is 35.2 Å². The molecule has 4 nitrogen and oxygen atoms in total. The third kappa shape index (κ3) is 3.76. The summed E-state index contributed by atoms with van der Waals surface area (Å²) >= 11 is 1.72. The molecule has 1 aromatic heterocycles. The summed E-state index contributed by atoms with van der Waals surface area (Å²) < 4.78 is 6.67. The van der Waals surface area contributed by atoms with Crippen molar-refractivity contribution in [1.82, 2.24) is 0 Å². The van der Waals surface area contributed by atoms with Crippen LogP contribution in [-0.2, 0) is 16.0 Å². The molecule has 2 aromatic rings. The summed E-state index contributed by atoms with van der Waals surface area (Å²) in [7, 11) is 0. The monoisotopic (exact) mass is 279 g/mol. The molecule has 0 aliphatic carbocycles. The number of thiophene rings is 1. The molecule has 0 radical (unpaired) electrons. The first-order valence-electron chi connectivity index (χ1n) is 6.18. The van der Waals surface area contributed by atoms with E-state index in [4.69, 9.17) is 15.6 Å². The first-order valence-corrected chi connectivity index (χ1v) is 7.06. The zero-order valence-corrected chi connectivity index (χ0v) is 11.4. The SMILES string of the molecule is NC(=O)C(CCO)OCCc1ccc2sccc2c1. The van der Waals surface area contributed by atoms with Gasteiger partial charge in [0.2, 0.25) is 5.91 Å². The van der Waals surface area contributed by atoms with E-state index in [1.165, 1.54) is 10.1 Å².